The normalized spacial score (nSPS) is 20.3. The summed E-state index contributed by atoms with van der Waals surface area (Å²) >= 11 is 0. The van der Waals surface area contributed by atoms with Gasteiger partial charge in [-0.3, -0.25) is 4.90 Å². The molecule has 2 aliphatic rings. The quantitative estimate of drug-likeness (QED) is 0.538. The van der Waals surface area contributed by atoms with Gasteiger partial charge >= 0.3 is 6.03 Å². The van der Waals surface area contributed by atoms with Crippen LogP contribution >= 0.6 is 0 Å². The lowest BCUT2D eigenvalue weighted by molar-refractivity contribution is 0.0877. The summed E-state index contributed by atoms with van der Waals surface area (Å²) in [5.74, 6) is 1.55. The van der Waals surface area contributed by atoms with Crippen LogP contribution < -0.4 is 10.1 Å². The van der Waals surface area contributed by atoms with Crippen LogP contribution in [0.2, 0.25) is 0 Å². The lowest BCUT2D eigenvalue weighted by Crippen LogP contribution is -2.48. The number of carbonyl (C=O) groups is 1. The second-order valence-electron chi connectivity index (χ2n) is 9.13. The number of hydrogen-bond donors (Lipinski definition) is 1. The van der Waals surface area contributed by atoms with Crippen LogP contribution in [0.15, 0.2) is 52.7 Å². The molecule has 0 bridgehead atoms. The van der Waals surface area contributed by atoms with Gasteiger partial charge in [0.05, 0.1) is 31.4 Å². The largest absolute Gasteiger partial charge is 0.497 e. The third kappa shape index (κ3) is 4.53. The molecule has 8 heteroatoms. The smallest absolute Gasteiger partial charge is 0.322 e. The second kappa shape index (κ2) is 9.54. The molecule has 2 aliphatic heterocycles. The Morgan fingerprint density at radius 1 is 1.14 bits per heavy atom. The third-order valence-corrected chi connectivity index (χ3v) is 6.86. The first-order valence-electron chi connectivity index (χ1n) is 11.9. The Hall–Kier alpha value is -3.65. The molecule has 0 spiro atoms. The van der Waals surface area contributed by atoms with E-state index < -0.39 is 6.04 Å². The van der Waals surface area contributed by atoms with Crippen molar-refractivity contribution in [3.05, 3.63) is 70.7 Å². The van der Waals surface area contributed by atoms with E-state index in [0.29, 0.717) is 24.0 Å². The molecule has 8 nitrogen and oxygen atoms in total. The molecule has 0 saturated carbocycles. The van der Waals surface area contributed by atoms with Crippen LogP contribution in [-0.2, 0) is 4.74 Å². The summed E-state index contributed by atoms with van der Waals surface area (Å²) in [7, 11) is 1.62. The van der Waals surface area contributed by atoms with Gasteiger partial charge in [0.25, 0.3) is 5.89 Å². The summed E-state index contributed by atoms with van der Waals surface area (Å²) in [5, 5.41) is 7.42. The number of urea groups is 1. The van der Waals surface area contributed by atoms with Gasteiger partial charge in [-0.05, 0) is 62.4 Å². The lowest BCUT2D eigenvalue weighted by Gasteiger charge is -2.36. The summed E-state index contributed by atoms with van der Waals surface area (Å²) in [4.78, 5) is 19.7. The van der Waals surface area contributed by atoms with Gasteiger partial charge in [-0.1, -0.05) is 35.5 Å². The fourth-order valence-electron chi connectivity index (χ4n) is 4.68. The topological polar surface area (TPSA) is 89.7 Å². The van der Waals surface area contributed by atoms with E-state index >= 15 is 0 Å². The van der Waals surface area contributed by atoms with Crippen molar-refractivity contribution in [2.45, 2.75) is 45.8 Å². The molecule has 2 amide bonds. The van der Waals surface area contributed by atoms with Gasteiger partial charge in [-0.25, -0.2) is 4.79 Å². The Bertz CT molecular complexity index is 1280. The second-order valence-corrected chi connectivity index (χ2v) is 9.13. The molecule has 2 aromatic carbocycles. The van der Waals surface area contributed by atoms with E-state index in [1.165, 1.54) is 5.56 Å². The maximum absolute atomic E-state index is 13.2. The van der Waals surface area contributed by atoms with Gasteiger partial charge in [0.1, 0.15) is 5.75 Å². The first-order valence-corrected chi connectivity index (χ1v) is 11.9. The zero-order valence-corrected chi connectivity index (χ0v) is 20.5. The van der Waals surface area contributed by atoms with Crippen LogP contribution in [0.1, 0.15) is 48.4 Å². The van der Waals surface area contributed by atoms with Gasteiger partial charge in [-0.2, -0.15) is 4.98 Å². The van der Waals surface area contributed by atoms with Crippen molar-refractivity contribution in [3.63, 3.8) is 0 Å². The molecule has 35 heavy (non-hydrogen) atoms. The average Bonchev–Trinajstić information content (AvgIpc) is 3.56. The molecule has 1 fully saturated rings. The molecule has 3 heterocycles. The summed E-state index contributed by atoms with van der Waals surface area (Å²) in [6.07, 6.45) is 1.97. The van der Waals surface area contributed by atoms with Crippen LogP contribution in [-0.4, -0.2) is 47.4 Å². The maximum atomic E-state index is 13.2. The van der Waals surface area contributed by atoms with Gasteiger partial charge in [0, 0.05) is 17.9 Å². The van der Waals surface area contributed by atoms with Crippen LogP contribution in [0.3, 0.4) is 0 Å². The molecule has 1 aromatic heterocycles. The molecule has 5 rings (SSSR count). The van der Waals surface area contributed by atoms with Crippen LogP contribution in [0, 0.1) is 13.8 Å². The fraction of sp³-hybridized carbons (Fsp3) is 0.370. The highest BCUT2D eigenvalue weighted by Gasteiger charge is 2.37. The van der Waals surface area contributed by atoms with Gasteiger partial charge in [-0.15, -0.1) is 0 Å². The summed E-state index contributed by atoms with van der Waals surface area (Å²) < 4.78 is 16.9. The van der Waals surface area contributed by atoms with Crippen molar-refractivity contribution in [3.8, 4) is 17.1 Å². The van der Waals surface area contributed by atoms with E-state index in [4.69, 9.17) is 19.0 Å². The highest BCUT2D eigenvalue weighted by atomic mass is 16.5. The molecule has 2 atom stereocenters. The Morgan fingerprint density at radius 2 is 2.00 bits per heavy atom. The van der Waals surface area contributed by atoms with Crippen molar-refractivity contribution >= 4 is 11.6 Å². The van der Waals surface area contributed by atoms with E-state index in [2.05, 4.69) is 36.5 Å². The Morgan fingerprint density at radius 3 is 2.74 bits per heavy atom. The van der Waals surface area contributed by atoms with E-state index in [1.54, 1.807) is 12.0 Å². The van der Waals surface area contributed by atoms with Gasteiger partial charge < -0.3 is 19.3 Å². The number of allylic oxidation sites excluding steroid dienone is 1. The minimum absolute atomic E-state index is 0.0187. The monoisotopic (exact) mass is 474 g/mol. The maximum Gasteiger partial charge on any atom is 0.322 e. The molecular formula is C27H30N4O4. The number of aryl methyl sites for hydroxylation is 2. The zero-order valence-electron chi connectivity index (χ0n) is 20.5. The molecule has 3 aromatic rings. The van der Waals surface area contributed by atoms with E-state index in [0.717, 1.165) is 47.4 Å². The summed E-state index contributed by atoms with van der Waals surface area (Å²) in [5.41, 5.74) is 5.67. The number of aromatic nitrogens is 2. The fourth-order valence-corrected chi connectivity index (χ4v) is 4.68. The Labute approximate surface area is 204 Å². The number of amides is 2. The summed E-state index contributed by atoms with van der Waals surface area (Å²) in [6.45, 7) is 7.29. The molecule has 0 radical (unpaired) electrons. The van der Waals surface area contributed by atoms with Crippen LogP contribution in [0.5, 0.6) is 5.75 Å². The number of benzene rings is 2. The number of nitrogens with zero attached hydrogens (tertiary/aromatic N) is 3. The molecule has 1 saturated heterocycles. The predicted molar refractivity (Wildman–Crippen MR) is 132 cm³/mol. The van der Waals surface area contributed by atoms with E-state index in [1.807, 2.05) is 37.3 Å². The molecule has 182 valence electrons. The number of rotatable bonds is 6. The zero-order chi connectivity index (χ0) is 24.5. The number of hydrogen-bond acceptors (Lipinski definition) is 6. The highest BCUT2D eigenvalue weighted by Crippen LogP contribution is 2.38. The van der Waals surface area contributed by atoms with Crippen molar-refractivity contribution in [1.29, 1.82) is 0 Å². The number of ether oxygens (including phenoxy) is 2. The first kappa shape index (κ1) is 23.1. The number of nitrogens with one attached hydrogen (secondary N) is 1. The van der Waals surface area contributed by atoms with E-state index in [9.17, 15) is 4.79 Å². The van der Waals surface area contributed by atoms with Gasteiger partial charge in [0.2, 0.25) is 5.82 Å². The SMILES string of the molecule is COc1cccc(-c2noc(C3=C(C)N(CC4CCCO4)C(=O)NC3c3ccc(C)c(C)c3)n2)c1. The Balaban J connectivity index is 1.58. The Kier molecular flexibility index (Phi) is 6.30. The first-order chi connectivity index (χ1) is 16.9. The average molecular weight is 475 g/mol. The molecular weight excluding hydrogens is 444 g/mol. The molecule has 2 unspecified atom stereocenters. The van der Waals surface area contributed by atoms with Crippen molar-refractivity contribution in [2.75, 3.05) is 20.3 Å². The number of methoxy groups -OCH3 is 1. The third-order valence-electron chi connectivity index (χ3n) is 6.86. The van der Waals surface area contributed by atoms with Crippen molar-refractivity contribution < 1.29 is 18.8 Å². The minimum Gasteiger partial charge on any atom is -0.497 e. The number of carbonyl (C=O) groups excluding carboxylic acids is 1. The molecule has 0 aliphatic carbocycles. The van der Waals surface area contributed by atoms with E-state index in [-0.39, 0.29) is 12.1 Å². The van der Waals surface area contributed by atoms with Gasteiger partial charge in [0.15, 0.2) is 0 Å². The predicted octanol–water partition coefficient (Wildman–Crippen LogP) is 5.04. The minimum atomic E-state index is -0.416. The highest BCUT2D eigenvalue weighted by molar-refractivity contribution is 5.87. The van der Waals surface area contributed by atoms with Crippen LogP contribution in [0.25, 0.3) is 17.0 Å². The van der Waals surface area contributed by atoms with Crippen LogP contribution in [0.4, 0.5) is 4.79 Å². The van der Waals surface area contributed by atoms with Crippen molar-refractivity contribution in [1.82, 2.24) is 20.4 Å². The standard InChI is InChI=1S/C27H30N4O4/c1-16-10-11-19(13-17(16)2)24-23(18(3)31(27(32)28-24)15-22-9-6-12-34-22)26-29-25(30-35-26)20-7-5-8-21(14-20)33-4/h5,7-8,10-11,13-14,22,24H,6,9,12,15H2,1-4H3,(H,28,32). The van der Waals surface area contributed by atoms with Crippen molar-refractivity contribution in [2.24, 2.45) is 0 Å². The lowest BCUT2D eigenvalue weighted by atomic mass is 9.92. The summed E-state index contributed by atoms with van der Waals surface area (Å²) in [6, 6.07) is 13.2. The molecule has 1 N–H and O–H groups in total.